The number of rotatable bonds is 1. The van der Waals surface area contributed by atoms with Gasteiger partial charge in [-0.25, -0.2) is 4.99 Å². The molecule has 0 fully saturated rings. The molecule has 48 valence electrons. The molecule has 4 nitrogen and oxygen atoms in total. The van der Waals surface area contributed by atoms with Crippen LogP contribution in [0.5, 0.6) is 0 Å². The lowest BCUT2D eigenvalue weighted by molar-refractivity contribution is 1.39. The van der Waals surface area contributed by atoms with Gasteiger partial charge in [0.15, 0.2) is 5.96 Å². The standard InChI is InChI=1S/C5H8N4/c6-5(7)9-4-1-2-8-3-4/h1-3,8H,(H4,6,7,9). The number of aromatic nitrogens is 1. The molecule has 9 heavy (non-hydrogen) atoms. The number of guanidine groups is 1. The molecule has 1 rings (SSSR count). The first-order valence-corrected chi connectivity index (χ1v) is 2.51. The maximum atomic E-state index is 5.10. The first-order chi connectivity index (χ1) is 4.29. The number of H-pyrrole nitrogens is 1. The number of aromatic amines is 1. The minimum absolute atomic E-state index is 0.0783. The Morgan fingerprint density at radius 1 is 1.56 bits per heavy atom. The minimum Gasteiger partial charge on any atom is -0.370 e. The molecule has 5 N–H and O–H groups in total. The highest BCUT2D eigenvalue weighted by Crippen LogP contribution is 2.06. The van der Waals surface area contributed by atoms with Gasteiger partial charge in [-0.15, -0.1) is 0 Å². The van der Waals surface area contributed by atoms with Gasteiger partial charge in [0.2, 0.25) is 0 Å². The Morgan fingerprint density at radius 2 is 2.33 bits per heavy atom. The molecule has 0 aliphatic rings. The summed E-state index contributed by atoms with van der Waals surface area (Å²) in [7, 11) is 0. The molecule has 0 atom stereocenters. The zero-order valence-corrected chi connectivity index (χ0v) is 4.83. The van der Waals surface area contributed by atoms with Crippen molar-refractivity contribution in [3.05, 3.63) is 18.5 Å². The van der Waals surface area contributed by atoms with Crippen molar-refractivity contribution in [1.82, 2.24) is 4.98 Å². The van der Waals surface area contributed by atoms with Gasteiger partial charge in [-0.05, 0) is 6.07 Å². The lowest BCUT2D eigenvalue weighted by Crippen LogP contribution is -2.21. The van der Waals surface area contributed by atoms with Gasteiger partial charge in [-0.3, -0.25) is 0 Å². The van der Waals surface area contributed by atoms with E-state index in [1.807, 2.05) is 0 Å². The fourth-order valence-electron chi connectivity index (χ4n) is 0.534. The van der Waals surface area contributed by atoms with Crippen LogP contribution in [-0.4, -0.2) is 10.9 Å². The van der Waals surface area contributed by atoms with Crippen molar-refractivity contribution in [2.45, 2.75) is 0 Å². The SMILES string of the molecule is NC(N)=Nc1cc[nH]c1. The Bertz CT molecular complexity index is 195. The summed E-state index contributed by atoms with van der Waals surface area (Å²) in [6.07, 6.45) is 3.46. The Balaban J connectivity index is 2.80. The van der Waals surface area contributed by atoms with Crippen LogP contribution >= 0.6 is 0 Å². The van der Waals surface area contributed by atoms with Gasteiger partial charge in [0.25, 0.3) is 0 Å². The van der Waals surface area contributed by atoms with Crippen molar-refractivity contribution in [2.75, 3.05) is 0 Å². The van der Waals surface area contributed by atoms with Gasteiger partial charge < -0.3 is 16.5 Å². The third-order valence-corrected chi connectivity index (χ3v) is 0.840. The van der Waals surface area contributed by atoms with Crippen LogP contribution in [0.2, 0.25) is 0 Å². The van der Waals surface area contributed by atoms with E-state index < -0.39 is 0 Å². The smallest absolute Gasteiger partial charge is 0.191 e. The Hall–Kier alpha value is -1.45. The molecule has 0 saturated heterocycles. The normalized spacial score (nSPS) is 8.89. The maximum Gasteiger partial charge on any atom is 0.191 e. The molecule has 0 aliphatic heterocycles. The van der Waals surface area contributed by atoms with Crippen LogP contribution in [0.25, 0.3) is 0 Å². The summed E-state index contributed by atoms with van der Waals surface area (Å²) in [5, 5.41) is 0. The molecule has 4 heteroatoms. The number of nitrogens with zero attached hydrogens (tertiary/aromatic N) is 1. The molecule has 0 unspecified atom stereocenters. The highest BCUT2D eigenvalue weighted by molar-refractivity contribution is 5.78. The minimum atomic E-state index is 0.0783. The lowest BCUT2D eigenvalue weighted by Gasteiger charge is -1.85. The van der Waals surface area contributed by atoms with E-state index in [9.17, 15) is 0 Å². The van der Waals surface area contributed by atoms with E-state index in [1.54, 1.807) is 18.5 Å². The second-order valence-corrected chi connectivity index (χ2v) is 1.61. The van der Waals surface area contributed by atoms with Crippen LogP contribution in [0, 0.1) is 0 Å². The maximum absolute atomic E-state index is 5.10. The molecule has 0 radical (unpaired) electrons. The molecular formula is C5H8N4. The number of hydrogen-bond acceptors (Lipinski definition) is 1. The molecule has 0 aliphatic carbocycles. The van der Waals surface area contributed by atoms with E-state index in [-0.39, 0.29) is 5.96 Å². The largest absolute Gasteiger partial charge is 0.370 e. The van der Waals surface area contributed by atoms with Crippen LogP contribution in [0.3, 0.4) is 0 Å². The predicted octanol–water partition coefficient (Wildman–Crippen LogP) is -0.0804. The highest BCUT2D eigenvalue weighted by Gasteiger charge is 1.85. The third kappa shape index (κ3) is 1.49. The summed E-state index contributed by atoms with van der Waals surface area (Å²) in [5.74, 6) is 0.0783. The summed E-state index contributed by atoms with van der Waals surface area (Å²) < 4.78 is 0. The van der Waals surface area contributed by atoms with Gasteiger partial charge in [0.1, 0.15) is 0 Å². The van der Waals surface area contributed by atoms with Crippen molar-refractivity contribution in [3.8, 4) is 0 Å². The van der Waals surface area contributed by atoms with Gasteiger partial charge in [-0.1, -0.05) is 0 Å². The summed E-state index contributed by atoms with van der Waals surface area (Å²) in [5.41, 5.74) is 10.9. The van der Waals surface area contributed by atoms with Crippen molar-refractivity contribution in [2.24, 2.45) is 16.5 Å². The zero-order valence-electron chi connectivity index (χ0n) is 4.83. The van der Waals surface area contributed by atoms with E-state index in [2.05, 4.69) is 9.98 Å². The average molecular weight is 124 g/mol. The third-order valence-electron chi connectivity index (χ3n) is 0.840. The fourth-order valence-corrected chi connectivity index (χ4v) is 0.534. The molecule has 1 aromatic rings. The van der Waals surface area contributed by atoms with Gasteiger partial charge in [-0.2, -0.15) is 0 Å². The van der Waals surface area contributed by atoms with E-state index in [0.717, 1.165) is 5.69 Å². The van der Waals surface area contributed by atoms with Crippen molar-refractivity contribution in [3.63, 3.8) is 0 Å². The molecule has 1 heterocycles. The summed E-state index contributed by atoms with van der Waals surface area (Å²) in [4.78, 5) is 6.58. The van der Waals surface area contributed by atoms with Gasteiger partial charge in [0.05, 0.1) is 5.69 Å². The molecule has 0 bridgehead atoms. The van der Waals surface area contributed by atoms with Gasteiger partial charge >= 0.3 is 0 Å². The van der Waals surface area contributed by atoms with E-state index >= 15 is 0 Å². The summed E-state index contributed by atoms with van der Waals surface area (Å²) >= 11 is 0. The van der Waals surface area contributed by atoms with Crippen molar-refractivity contribution < 1.29 is 0 Å². The Labute approximate surface area is 52.6 Å². The molecule has 1 aromatic heterocycles. The van der Waals surface area contributed by atoms with E-state index in [4.69, 9.17) is 11.5 Å². The van der Waals surface area contributed by atoms with Crippen molar-refractivity contribution >= 4 is 11.6 Å². The van der Waals surface area contributed by atoms with Gasteiger partial charge in [0, 0.05) is 12.4 Å². The average Bonchev–Trinajstić information content (AvgIpc) is 2.15. The zero-order chi connectivity index (χ0) is 6.69. The van der Waals surface area contributed by atoms with Crippen LogP contribution in [0.4, 0.5) is 5.69 Å². The summed E-state index contributed by atoms with van der Waals surface area (Å²) in [6, 6.07) is 1.78. The Morgan fingerprint density at radius 3 is 2.78 bits per heavy atom. The second-order valence-electron chi connectivity index (χ2n) is 1.61. The topological polar surface area (TPSA) is 80.2 Å². The molecule has 0 aromatic carbocycles. The first-order valence-electron chi connectivity index (χ1n) is 2.51. The van der Waals surface area contributed by atoms with Crippen molar-refractivity contribution in [1.29, 1.82) is 0 Å². The van der Waals surface area contributed by atoms with E-state index in [1.165, 1.54) is 0 Å². The van der Waals surface area contributed by atoms with Crippen LogP contribution in [0.15, 0.2) is 23.5 Å². The summed E-state index contributed by atoms with van der Waals surface area (Å²) in [6.45, 7) is 0. The molecular weight excluding hydrogens is 116 g/mol. The van der Waals surface area contributed by atoms with Crippen LogP contribution in [-0.2, 0) is 0 Å². The second kappa shape index (κ2) is 2.21. The van der Waals surface area contributed by atoms with Crippen LogP contribution < -0.4 is 11.5 Å². The Kier molecular flexibility index (Phi) is 1.40. The number of hydrogen-bond donors (Lipinski definition) is 3. The molecule has 0 amide bonds. The predicted molar refractivity (Wildman–Crippen MR) is 36.3 cm³/mol. The lowest BCUT2D eigenvalue weighted by atomic mass is 10.5. The quantitative estimate of drug-likeness (QED) is 0.361. The van der Waals surface area contributed by atoms with E-state index in [0.29, 0.717) is 0 Å². The fraction of sp³-hybridized carbons (Fsp3) is 0. The highest BCUT2D eigenvalue weighted by atomic mass is 15.0. The number of nitrogens with one attached hydrogen (secondary N) is 1. The monoisotopic (exact) mass is 124 g/mol. The molecule has 0 saturated carbocycles. The molecule has 0 spiro atoms. The number of nitrogens with two attached hydrogens (primary N) is 2. The number of aliphatic imine (C=N–C) groups is 1. The van der Waals surface area contributed by atoms with Crippen LogP contribution in [0.1, 0.15) is 0 Å². The first kappa shape index (κ1) is 5.68.